The van der Waals surface area contributed by atoms with Crippen LogP contribution in [0.4, 0.5) is 0 Å². The molecule has 3 rings (SSSR count). The molecule has 1 amide bonds. The molecule has 2 aromatic carbocycles. The quantitative estimate of drug-likeness (QED) is 0.862. The van der Waals surface area contributed by atoms with Gasteiger partial charge in [-0.15, -0.1) is 0 Å². The summed E-state index contributed by atoms with van der Waals surface area (Å²) in [5, 5.41) is 13.1. The molecule has 2 aromatic rings. The molecule has 0 aliphatic carbocycles. The molecule has 0 bridgehead atoms. The molecule has 128 valence electrons. The van der Waals surface area contributed by atoms with E-state index in [0.29, 0.717) is 10.6 Å². The van der Waals surface area contributed by atoms with E-state index in [2.05, 4.69) is 22.3 Å². The number of amides is 1. The number of nitrogens with one attached hydrogen (secondary N) is 1. The van der Waals surface area contributed by atoms with Crippen molar-refractivity contribution in [3.05, 3.63) is 88.7 Å². The first kappa shape index (κ1) is 17.1. The minimum atomic E-state index is -0.190. The number of hydrogen-bond acceptors (Lipinski definition) is 3. The highest BCUT2D eigenvalue weighted by Gasteiger charge is 2.11. The van der Waals surface area contributed by atoms with Gasteiger partial charge in [-0.3, -0.25) is 4.79 Å². The van der Waals surface area contributed by atoms with Crippen LogP contribution in [0.1, 0.15) is 11.1 Å². The van der Waals surface area contributed by atoms with Gasteiger partial charge < -0.3 is 15.3 Å². The van der Waals surface area contributed by atoms with Crippen LogP contribution in [-0.2, 0) is 17.8 Å². The molecule has 0 aromatic heterocycles. The molecule has 1 aliphatic heterocycles. The Kier molecular flexibility index (Phi) is 5.41. The molecule has 1 heterocycles. The van der Waals surface area contributed by atoms with Gasteiger partial charge in [0.1, 0.15) is 5.75 Å². The van der Waals surface area contributed by atoms with Crippen LogP contribution in [-0.4, -0.2) is 22.5 Å². The molecule has 0 atom stereocenters. The number of nitrogens with zero attached hydrogens (tertiary/aromatic N) is 1. The number of phenolic OH excluding ortho intramolecular Hbond substituents is 1. The van der Waals surface area contributed by atoms with Crippen LogP contribution in [0.3, 0.4) is 0 Å². The van der Waals surface area contributed by atoms with E-state index in [4.69, 9.17) is 11.6 Å². The van der Waals surface area contributed by atoms with Crippen molar-refractivity contribution in [3.63, 3.8) is 0 Å². The topological polar surface area (TPSA) is 52.6 Å². The van der Waals surface area contributed by atoms with Crippen LogP contribution < -0.4 is 5.32 Å². The van der Waals surface area contributed by atoms with Gasteiger partial charge in [-0.1, -0.05) is 41.9 Å². The molecule has 5 heteroatoms. The summed E-state index contributed by atoms with van der Waals surface area (Å²) in [7, 11) is 0. The number of halogens is 1. The Morgan fingerprint density at radius 2 is 2.00 bits per heavy atom. The Morgan fingerprint density at radius 3 is 2.72 bits per heavy atom. The van der Waals surface area contributed by atoms with Gasteiger partial charge in [0, 0.05) is 35.6 Å². The summed E-state index contributed by atoms with van der Waals surface area (Å²) in [5.41, 5.74) is 2.51. The maximum absolute atomic E-state index is 12.2. The van der Waals surface area contributed by atoms with Crippen LogP contribution in [0.2, 0.25) is 5.02 Å². The zero-order valence-electron chi connectivity index (χ0n) is 13.7. The number of allylic oxidation sites excluding steroid dienone is 1. The molecule has 0 unspecified atom stereocenters. The van der Waals surface area contributed by atoms with E-state index in [1.54, 1.807) is 12.1 Å². The Labute approximate surface area is 152 Å². The van der Waals surface area contributed by atoms with Crippen molar-refractivity contribution in [2.24, 2.45) is 0 Å². The molecule has 0 spiro atoms. The molecule has 0 radical (unpaired) electrons. The van der Waals surface area contributed by atoms with Gasteiger partial charge in [0.2, 0.25) is 5.91 Å². The van der Waals surface area contributed by atoms with Crippen molar-refractivity contribution in [2.75, 3.05) is 6.54 Å². The lowest BCUT2D eigenvalue weighted by Gasteiger charge is -2.23. The lowest BCUT2D eigenvalue weighted by Crippen LogP contribution is -2.28. The number of rotatable bonds is 5. The SMILES string of the molecule is O=C(Cc1cc(Cl)ccc1O)NC1=CCN(Cc2ccccc2)C=C1. The van der Waals surface area contributed by atoms with Crippen molar-refractivity contribution in [3.8, 4) is 5.75 Å². The van der Waals surface area contributed by atoms with E-state index in [9.17, 15) is 9.90 Å². The summed E-state index contributed by atoms with van der Waals surface area (Å²) in [5.74, 6) is -0.119. The third-order valence-electron chi connectivity index (χ3n) is 3.92. The average molecular weight is 355 g/mol. The van der Waals surface area contributed by atoms with Crippen LogP contribution in [0, 0.1) is 0 Å². The molecule has 25 heavy (non-hydrogen) atoms. The molecule has 1 aliphatic rings. The highest BCUT2D eigenvalue weighted by atomic mass is 35.5. The third-order valence-corrected chi connectivity index (χ3v) is 4.15. The second-order valence-electron chi connectivity index (χ2n) is 5.89. The predicted octanol–water partition coefficient (Wildman–Crippen LogP) is 3.62. The number of aromatic hydroxyl groups is 1. The fourth-order valence-corrected chi connectivity index (χ4v) is 2.83. The smallest absolute Gasteiger partial charge is 0.228 e. The van der Waals surface area contributed by atoms with E-state index in [-0.39, 0.29) is 18.1 Å². The van der Waals surface area contributed by atoms with E-state index in [0.717, 1.165) is 18.8 Å². The van der Waals surface area contributed by atoms with Gasteiger partial charge in [-0.2, -0.15) is 0 Å². The van der Waals surface area contributed by atoms with Gasteiger partial charge in [-0.05, 0) is 35.9 Å². The van der Waals surface area contributed by atoms with Crippen molar-refractivity contribution in [2.45, 2.75) is 13.0 Å². The maximum atomic E-state index is 12.2. The Morgan fingerprint density at radius 1 is 1.20 bits per heavy atom. The maximum Gasteiger partial charge on any atom is 0.228 e. The lowest BCUT2D eigenvalue weighted by atomic mass is 10.1. The average Bonchev–Trinajstić information content (AvgIpc) is 2.61. The Hall–Kier alpha value is -2.72. The molecule has 0 saturated carbocycles. The van der Waals surface area contributed by atoms with Crippen molar-refractivity contribution >= 4 is 17.5 Å². The highest BCUT2D eigenvalue weighted by Crippen LogP contribution is 2.22. The van der Waals surface area contributed by atoms with Gasteiger partial charge >= 0.3 is 0 Å². The fourth-order valence-electron chi connectivity index (χ4n) is 2.63. The highest BCUT2D eigenvalue weighted by molar-refractivity contribution is 6.30. The second kappa shape index (κ2) is 7.90. The van der Waals surface area contributed by atoms with Gasteiger partial charge in [0.15, 0.2) is 0 Å². The Balaban J connectivity index is 1.53. The predicted molar refractivity (Wildman–Crippen MR) is 99.0 cm³/mol. The van der Waals surface area contributed by atoms with E-state index in [1.807, 2.05) is 36.6 Å². The number of benzene rings is 2. The van der Waals surface area contributed by atoms with E-state index < -0.39 is 0 Å². The molecule has 4 nitrogen and oxygen atoms in total. The van der Waals surface area contributed by atoms with Crippen molar-refractivity contribution in [1.29, 1.82) is 0 Å². The monoisotopic (exact) mass is 354 g/mol. The molecule has 0 saturated heterocycles. The first-order valence-electron chi connectivity index (χ1n) is 8.04. The van der Waals surface area contributed by atoms with Crippen LogP contribution >= 0.6 is 11.6 Å². The normalized spacial score (nSPS) is 13.5. The number of phenols is 1. The summed E-state index contributed by atoms with van der Waals surface area (Å²) in [6.45, 7) is 1.55. The first-order valence-corrected chi connectivity index (χ1v) is 8.41. The number of carbonyl (C=O) groups excluding carboxylic acids is 1. The number of carbonyl (C=O) groups is 1. The second-order valence-corrected chi connectivity index (χ2v) is 6.32. The summed E-state index contributed by atoms with van der Waals surface area (Å²) >= 11 is 5.90. The molecular formula is C20H19ClN2O2. The lowest BCUT2D eigenvalue weighted by molar-refractivity contribution is -0.119. The molecular weight excluding hydrogens is 336 g/mol. The summed E-state index contributed by atoms with van der Waals surface area (Å²) in [4.78, 5) is 14.3. The van der Waals surface area contributed by atoms with Crippen LogP contribution in [0.25, 0.3) is 0 Å². The fraction of sp³-hybridized carbons (Fsp3) is 0.150. The molecule has 2 N–H and O–H groups in total. The standard InChI is InChI=1S/C20H19ClN2O2/c21-17-6-7-19(24)16(12-17)13-20(25)22-18-8-10-23(11-9-18)14-15-4-2-1-3-5-15/h1-10,12,24H,11,13-14H2,(H,22,25). The minimum absolute atomic E-state index is 0.0711. The van der Waals surface area contributed by atoms with Gasteiger partial charge in [-0.25, -0.2) is 0 Å². The van der Waals surface area contributed by atoms with E-state index >= 15 is 0 Å². The van der Waals surface area contributed by atoms with Crippen LogP contribution in [0.15, 0.2) is 72.6 Å². The Bertz CT molecular complexity index is 816. The number of hydrogen-bond donors (Lipinski definition) is 2. The molecule has 0 fully saturated rings. The summed E-state index contributed by atoms with van der Waals surface area (Å²) in [6, 6.07) is 14.9. The zero-order chi connectivity index (χ0) is 17.6. The third kappa shape index (κ3) is 4.88. The van der Waals surface area contributed by atoms with Gasteiger partial charge in [0.05, 0.1) is 6.42 Å². The van der Waals surface area contributed by atoms with Crippen molar-refractivity contribution < 1.29 is 9.90 Å². The summed E-state index contributed by atoms with van der Waals surface area (Å²) in [6.07, 6.45) is 5.89. The minimum Gasteiger partial charge on any atom is -0.508 e. The van der Waals surface area contributed by atoms with Gasteiger partial charge in [0.25, 0.3) is 0 Å². The first-order chi connectivity index (χ1) is 12.1. The van der Waals surface area contributed by atoms with Crippen LogP contribution in [0.5, 0.6) is 5.75 Å². The van der Waals surface area contributed by atoms with E-state index in [1.165, 1.54) is 11.6 Å². The summed E-state index contributed by atoms with van der Waals surface area (Å²) < 4.78 is 0. The zero-order valence-corrected chi connectivity index (χ0v) is 14.4. The van der Waals surface area contributed by atoms with Crippen molar-refractivity contribution in [1.82, 2.24) is 10.2 Å². The largest absolute Gasteiger partial charge is 0.508 e.